The fraction of sp³-hybridized carbons (Fsp3) is 0.286. The van der Waals surface area contributed by atoms with E-state index in [1.165, 1.54) is 18.2 Å². The Morgan fingerprint density at radius 2 is 1.70 bits per heavy atom. The normalized spacial score (nSPS) is 15.5. The van der Waals surface area contributed by atoms with Gasteiger partial charge in [0.1, 0.15) is 0 Å². The van der Waals surface area contributed by atoms with Crippen molar-refractivity contribution in [2.75, 3.05) is 26.2 Å². The van der Waals surface area contributed by atoms with Crippen LogP contribution in [-0.4, -0.2) is 67.5 Å². The van der Waals surface area contributed by atoms with Gasteiger partial charge >= 0.3 is 0 Å². The number of carbonyl (C=O) groups excluding carboxylic acids is 3. The van der Waals surface area contributed by atoms with E-state index in [-0.39, 0.29) is 41.8 Å². The van der Waals surface area contributed by atoms with Gasteiger partial charge in [0, 0.05) is 38.2 Å². The molecular weight excluding hydrogens is 532 g/mol. The second-order valence-electron chi connectivity index (χ2n) is 9.62. The number of hydrogen-bond acceptors (Lipinski definition) is 6. The molecule has 1 heterocycles. The van der Waals surface area contributed by atoms with Crippen LogP contribution in [0.4, 0.5) is 0 Å². The molecule has 5 N–H and O–H groups in total. The van der Waals surface area contributed by atoms with Crippen molar-refractivity contribution < 1.29 is 22.8 Å². The van der Waals surface area contributed by atoms with Gasteiger partial charge in [-0.3, -0.25) is 25.2 Å². The van der Waals surface area contributed by atoms with Gasteiger partial charge in [-0.25, -0.2) is 8.42 Å². The van der Waals surface area contributed by atoms with E-state index >= 15 is 0 Å². The Kier molecular flexibility index (Phi) is 9.12. The van der Waals surface area contributed by atoms with Crippen LogP contribution in [0, 0.1) is 11.3 Å². The summed E-state index contributed by atoms with van der Waals surface area (Å²) in [7, 11) is -4.16. The first-order chi connectivity index (χ1) is 19.1. The van der Waals surface area contributed by atoms with Gasteiger partial charge in [0.15, 0.2) is 5.96 Å². The number of nitrogens with zero attached hydrogens (tertiary/aromatic N) is 2. The molecule has 1 saturated heterocycles. The lowest BCUT2D eigenvalue weighted by Gasteiger charge is -2.35. The largest absolute Gasteiger partial charge is 0.370 e. The molecule has 40 heavy (non-hydrogen) atoms. The van der Waals surface area contributed by atoms with Crippen molar-refractivity contribution in [1.29, 1.82) is 5.41 Å². The van der Waals surface area contributed by atoms with Crippen LogP contribution in [0.1, 0.15) is 29.6 Å². The number of hydrogen-bond donors (Lipinski definition) is 4. The maximum absolute atomic E-state index is 13.7. The minimum Gasteiger partial charge on any atom is -0.370 e. The molecule has 1 aliphatic rings. The Morgan fingerprint density at radius 1 is 1.00 bits per heavy atom. The van der Waals surface area contributed by atoms with Crippen LogP contribution < -0.4 is 16.5 Å². The van der Waals surface area contributed by atoms with Crippen LogP contribution in [0.2, 0.25) is 0 Å². The number of amides is 2. The number of nitrogens with two attached hydrogens (primary N) is 1. The topological polar surface area (TPSA) is 166 Å². The maximum atomic E-state index is 13.7. The van der Waals surface area contributed by atoms with Gasteiger partial charge in [-0.1, -0.05) is 60.7 Å². The van der Waals surface area contributed by atoms with E-state index in [4.69, 9.17) is 11.1 Å². The average Bonchev–Trinajstić information content (AvgIpc) is 2.96. The number of sulfonamides is 1. The molecule has 1 atom stereocenters. The van der Waals surface area contributed by atoms with E-state index in [2.05, 4.69) is 10.7 Å². The third-order valence-electron chi connectivity index (χ3n) is 6.72. The van der Waals surface area contributed by atoms with Gasteiger partial charge in [0.25, 0.3) is 15.9 Å². The van der Waals surface area contributed by atoms with E-state index in [0.29, 0.717) is 19.5 Å². The molecule has 0 aromatic heterocycles. The van der Waals surface area contributed by atoms with Gasteiger partial charge in [-0.15, -0.1) is 4.41 Å². The smallest absolute Gasteiger partial charge is 0.292 e. The first kappa shape index (κ1) is 28.7. The quantitative estimate of drug-likeness (QED) is 0.0959. The van der Waals surface area contributed by atoms with Gasteiger partial charge in [0.2, 0.25) is 11.7 Å². The SMILES string of the molecule is N=C(N)N1CCC[C@H](CN(NC(=O)CCNC(=O)C(=O)c2ccccc2)S(=O)(=O)c2ccc3ccccc3c2)C1. The van der Waals surface area contributed by atoms with Crippen molar-refractivity contribution in [1.82, 2.24) is 20.1 Å². The highest BCUT2D eigenvalue weighted by atomic mass is 32.2. The summed E-state index contributed by atoms with van der Waals surface area (Å²) in [5.41, 5.74) is 8.38. The lowest BCUT2D eigenvalue weighted by Crippen LogP contribution is -2.52. The van der Waals surface area contributed by atoms with E-state index in [1.54, 1.807) is 35.2 Å². The number of ketones is 1. The summed E-state index contributed by atoms with van der Waals surface area (Å²) in [6.45, 7) is 0.807. The van der Waals surface area contributed by atoms with Gasteiger partial charge in [-0.2, -0.15) is 0 Å². The van der Waals surface area contributed by atoms with Crippen molar-refractivity contribution in [3.8, 4) is 0 Å². The Hall–Kier alpha value is -4.29. The zero-order valence-corrected chi connectivity index (χ0v) is 22.7. The van der Waals surface area contributed by atoms with Gasteiger partial charge in [-0.05, 0) is 41.7 Å². The second-order valence-corrected chi connectivity index (χ2v) is 11.5. The van der Waals surface area contributed by atoms with Crippen LogP contribution in [0.3, 0.4) is 0 Å². The standard InChI is InChI=1S/C28H32N6O5S/c29-28(30)33-16-6-7-20(18-33)19-34(40(38,39)24-13-12-21-8-4-5-11-23(21)17-24)32-25(35)14-15-31-27(37)26(36)22-9-2-1-3-10-22/h1-5,8-13,17,20H,6-7,14-16,18-19H2,(H3,29,30)(H,31,37)(H,32,35)/t20-/m0/s1. The van der Waals surface area contributed by atoms with Gasteiger partial charge in [0.05, 0.1) is 4.90 Å². The van der Waals surface area contributed by atoms with Crippen molar-refractivity contribution in [3.05, 3.63) is 78.4 Å². The molecule has 210 valence electrons. The number of piperidine rings is 1. The highest BCUT2D eigenvalue weighted by Crippen LogP contribution is 2.24. The number of carbonyl (C=O) groups is 3. The van der Waals surface area contributed by atoms with Crippen molar-refractivity contribution in [2.45, 2.75) is 24.2 Å². The van der Waals surface area contributed by atoms with E-state index in [1.807, 2.05) is 24.3 Å². The molecule has 4 rings (SSSR count). The first-order valence-electron chi connectivity index (χ1n) is 12.9. The van der Waals surface area contributed by atoms with Crippen LogP contribution >= 0.6 is 0 Å². The predicted molar refractivity (Wildman–Crippen MR) is 151 cm³/mol. The molecule has 11 nitrogen and oxygen atoms in total. The fourth-order valence-electron chi connectivity index (χ4n) is 4.61. The van der Waals surface area contributed by atoms with E-state index in [9.17, 15) is 22.8 Å². The molecule has 0 bridgehead atoms. The van der Waals surface area contributed by atoms with Gasteiger partial charge < -0.3 is 16.0 Å². The Labute approximate surface area is 232 Å². The molecular formula is C28H32N6O5S. The lowest BCUT2D eigenvalue weighted by atomic mass is 9.98. The molecule has 0 aliphatic carbocycles. The van der Waals surface area contributed by atoms with Crippen LogP contribution in [0.25, 0.3) is 10.8 Å². The van der Waals surface area contributed by atoms with Crippen molar-refractivity contribution in [2.24, 2.45) is 11.7 Å². The fourth-order valence-corrected chi connectivity index (χ4v) is 6.01. The average molecular weight is 565 g/mol. The summed E-state index contributed by atoms with van der Waals surface area (Å²) in [5, 5.41) is 11.8. The molecule has 1 fully saturated rings. The maximum Gasteiger partial charge on any atom is 0.292 e. The van der Waals surface area contributed by atoms with E-state index < -0.39 is 27.6 Å². The number of guanidine groups is 1. The molecule has 2 amide bonds. The number of benzene rings is 3. The molecule has 3 aromatic carbocycles. The number of likely N-dealkylation sites (tertiary alicyclic amines) is 1. The summed E-state index contributed by atoms with van der Waals surface area (Å²) in [6.07, 6.45) is 1.17. The molecule has 12 heteroatoms. The Morgan fingerprint density at radius 3 is 2.42 bits per heavy atom. The van der Waals surface area contributed by atoms with Crippen LogP contribution in [0.5, 0.6) is 0 Å². The lowest BCUT2D eigenvalue weighted by molar-refractivity contribution is -0.124. The van der Waals surface area contributed by atoms with Crippen LogP contribution in [0.15, 0.2) is 77.7 Å². The minimum atomic E-state index is -4.16. The molecule has 1 aliphatic heterocycles. The number of hydrazine groups is 1. The Balaban J connectivity index is 1.47. The van der Waals surface area contributed by atoms with E-state index in [0.717, 1.165) is 21.6 Å². The summed E-state index contributed by atoms with van der Waals surface area (Å²) in [5.74, 6) is -2.49. The summed E-state index contributed by atoms with van der Waals surface area (Å²) < 4.78 is 28.4. The molecule has 3 aromatic rings. The monoisotopic (exact) mass is 564 g/mol. The highest BCUT2D eigenvalue weighted by molar-refractivity contribution is 7.89. The third-order valence-corrected chi connectivity index (χ3v) is 8.39. The predicted octanol–water partition coefficient (Wildman–Crippen LogP) is 1.86. The number of nitrogens with one attached hydrogen (secondary N) is 3. The molecule has 0 unspecified atom stereocenters. The highest BCUT2D eigenvalue weighted by Gasteiger charge is 2.31. The number of rotatable bonds is 10. The zero-order valence-electron chi connectivity index (χ0n) is 21.9. The molecule has 0 saturated carbocycles. The summed E-state index contributed by atoms with van der Waals surface area (Å²) in [4.78, 5) is 39.0. The summed E-state index contributed by atoms with van der Waals surface area (Å²) >= 11 is 0. The first-order valence-corrected chi connectivity index (χ1v) is 14.4. The summed E-state index contributed by atoms with van der Waals surface area (Å²) in [6, 6.07) is 20.2. The van der Waals surface area contributed by atoms with Crippen LogP contribution in [-0.2, 0) is 19.6 Å². The van der Waals surface area contributed by atoms with Crippen molar-refractivity contribution >= 4 is 44.4 Å². The number of Topliss-reactive ketones (excluding diaryl/α,β-unsaturated/α-hetero) is 1. The van der Waals surface area contributed by atoms with Crippen molar-refractivity contribution in [3.63, 3.8) is 0 Å². The minimum absolute atomic E-state index is 0.0208. The Bertz CT molecular complexity index is 1510. The molecule has 0 radical (unpaired) electrons. The third kappa shape index (κ3) is 7.01. The molecule has 0 spiro atoms. The second kappa shape index (κ2) is 12.7. The number of fused-ring (bicyclic) bond motifs is 1. The zero-order chi connectivity index (χ0) is 28.7.